The molecule has 2 fully saturated rings. The lowest BCUT2D eigenvalue weighted by Crippen LogP contribution is -2.57. The van der Waals surface area contributed by atoms with Crippen LogP contribution in [0.1, 0.15) is 37.8 Å². The number of nitrogens with one attached hydrogen (secondary N) is 2. The number of methoxy groups -OCH3 is 1. The first-order valence-corrected chi connectivity index (χ1v) is 12.4. The summed E-state index contributed by atoms with van der Waals surface area (Å²) in [7, 11) is 1.57. The number of anilines is 4. The van der Waals surface area contributed by atoms with E-state index in [1.165, 1.54) is 10.7 Å². The van der Waals surface area contributed by atoms with Gasteiger partial charge in [0.2, 0.25) is 17.8 Å². The van der Waals surface area contributed by atoms with Crippen LogP contribution in [-0.4, -0.2) is 75.3 Å². The summed E-state index contributed by atoms with van der Waals surface area (Å²) in [5.74, 6) is 0.892. The molecule has 196 valence electrons. The summed E-state index contributed by atoms with van der Waals surface area (Å²) in [5.41, 5.74) is 7.91. The van der Waals surface area contributed by atoms with E-state index in [4.69, 9.17) is 10.5 Å². The monoisotopic (exact) mass is 515 g/mol. The predicted molar refractivity (Wildman–Crippen MR) is 140 cm³/mol. The van der Waals surface area contributed by atoms with Crippen LogP contribution >= 0.6 is 0 Å². The van der Waals surface area contributed by atoms with Crippen molar-refractivity contribution in [3.63, 3.8) is 0 Å². The van der Waals surface area contributed by atoms with Crippen molar-refractivity contribution in [1.82, 2.24) is 24.5 Å². The van der Waals surface area contributed by atoms with Crippen molar-refractivity contribution in [2.75, 3.05) is 42.3 Å². The number of carbonyl (C=O) groups excluding carboxylic acids is 1. The van der Waals surface area contributed by atoms with Gasteiger partial charge >= 0.3 is 0 Å². The molecule has 0 spiro atoms. The Balaban J connectivity index is 1.51. The van der Waals surface area contributed by atoms with Crippen molar-refractivity contribution >= 4 is 34.8 Å². The molecule has 3 aromatic rings. The average molecular weight is 516 g/mol. The maximum atomic E-state index is 11.7. The molecule has 1 amide bonds. The number of rotatable bonds is 8. The van der Waals surface area contributed by atoms with Crippen LogP contribution in [0.3, 0.4) is 0 Å². The van der Waals surface area contributed by atoms with Gasteiger partial charge in [-0.05, 0) is 38.8 Å². The molecule has 4 N–H and O–H groups in total. The number of fused-ring (bicyclic) bond motifs is 1. The number of primary amides is 1. The predicted octanol–water partition coefficient (Wildman–Crippen LogP) is 1.58. The minimum absolute atomic E-state index is 0.0215. The lowest BCUT2D eigenvalue weighted by Gasteiger charge is -2.43. The molecular formula is C25H29N11O2. The van der Waals surface area contributed by atoms with Crippen molar-refractivity contribution in [3.8, 4) is 17.9 Å². The van der Waals surface area contributed by atoms with Gasteiger partial charge in [-0.3, -0.25) is 9.69 Å². The lowest BCUT2D eigenvalue weighted by atomic mass is 10.1. The standard InChI is InChI=1S/C25H29N11O2/c1-14-13-34(15(2)22(28)37)6-7-35(14)20-9-16(10-26)8-19(21(20)38-3)31-24-32-23-17(11-27)12-29-36(23)25(33-24)30-18-4-5-18/h8-9,12,14-15,18H,4-7,13H2,1-3H3,(H2,28,37)(H2,30,31,32,33)/t14-,15-/m0/s1. The van der Waals surface area contributed by atoms with E-state index in [1.807, 2.05) is 6.92 Å². The summed E-state index contributed by atoms with van der Waals surface area (Å²) in [4.78, 5) is 25.1. The highest BCUT2D eigenvalue weighted by Crippen LogP contribution is 2.40. The molecule has 1 saturated carbocycles. The molecule has 1 aromatic carbocycles. The molecule has 1 saturated heterocycles. The Morgan fingerprint density at radius 3 is 2.66 bits per heavy atom. The minimum atomic E-state index is -0.364. The highest BCUT2D eigenvalue weighted by molar-refractivity contribution is 5.80. The van der Waals surface area contributed by atoms with Crippen LogP contribution in [0.15, 0.2) is 18.3 Å². The van der Waals surface area contributed by atoms with Crippen LogP contribution in [-0.2, 0) is 4.79 Å². The molecule has 0 bridgehead atoms. The Morgan fingerprint density at radius 2 is 2.03 bits per heavy atom. The number of carbonyl (C=O) groups is 1. The topological polar surface area (TPSA) is 174 Å². The second-order valence-corrected chi connectivity index (χ2v) is 9.62. The second kappa shape index (κ2) is 10.0. The van der Waals surface area contributed by atoms with Crippen LogP contribution in [0, 0.1) is 22.7 Å². The molecule has 13 heteroatoms. The average Bonchev–Trinajstić information content (AvgIpc) is 3.63. The molecule has 38 heavy (non-hydrogen) atoms. The van der Waals surface area contributed by atoms with Crippen molar-refractivity contribution in [2.45, 2.75) is 44.8 Å². The molecular weight excluding hydrogens is 486 g/mol. The Kier molecular flexibility index (Phi) is 6.61. The number of aromatic nitrogens is 4. The summed E-state index contributed by atoms with van der Waals surface area (Å²) in [6.07, 6.45) is 3.53. The van der Waals surface area contributed by atoms with Crippen molar-refractivity contribution in [3.05, 3.63) is 29.5 Å². The largest absolute Gasteiger partial charge is 0.492 e. The smallest absolute Gasteiger partial charge is 0.234 e. The number of benzene rings is 1. The molecule has 3 heterocycles. The lowest BCUT2D eigenvalue weighted by molar-refractivity contribution is -0.122. The van der Waals surface area contributed by atoms with Crippen LogP contribution < -0.4 is 26.0 Å². The molecule has 1 aliphatic carbocycles. The zero-order valence-electron chi connectivity index (χ0n) is 21.5. The maximum Gasteiger partial charge on any atom is 0.234 e. The third kappa shape index (κ3) is 4.71. The van der Waals surface area contributed by atoms with Gasteiger partial charge in [0.25, 0.3) is 0 Å². The van der Waals surface area contributed by atoms with Crippen LogP contribution in [0.4, 0.5) is 23.3 Å². The van der Waals surface area contributed by atoms with Gasteiger partial charge in [0.1, 0.15) is 11.6 Å². The SMILES string of the molecule is COc1c(Nc2nc(NC3CC3)n3ncc(C#N)c3n2)cc(C#N)cc1N1CCN([C@@H](C)C(N)=O)C[C@@H]1C. The number of piperazine rings is 1. The summed E-state index contributed by atoms with van der Waals surface area (Å²) in [5, 5.41) is 30.1. The van der Waals surface area contributed by atoms with E-state index in [1.54, 1.807) is 19.2 Å². The summed E-state index contributed by atoms with van der Waals surface area (Å²) in [6, 6.07) is 7.78. The first-order chi connectivity index (χ1) is 18.3. The number of hydrogen-bond acceptors (Lipinski definition) is 11. The highest BCUT2D eigenvalue weighted by atomic mass is 16.5. The van der Waals surface area contributed by atoms with E-state index >= 15 is 0 Å². The number of amides is 1. The Bertz CT molecular complexity index is 1470. The molecule has 5 rings (SSSR count). The van der Waals surface area contributed by atoms with E-state index < -0.39 is 0 Å². The number of nitrogens with two attached hydrogens (primary N) is 1. The maximum absolute atomic E-state index is 11.7. The normalized spacial score (nSPS) is 18.4. The summed E-state index contributed by atoms with van der Waals surface area (Å²) in [6.45, 7) is 5.74. The van der Waals surface area contributed by atoms with Gasteiger partial charge in [-0.15, -0.1) is 0 Å². The minimum Gasteiger partial charge on any atom is -0.492 e. The molecule has 13 nitrogen and oxygen atoms in total. The first-order valence-electron chi connectivity index (χ1n) is 12.4. The molecule has 0 unspecified atom stereocenters. The third-order valence-electron chi connectivity index (χ3n) is 6.98. The van der Waals surface area contributed by atoms with Crippen molar-refractivity contribution in [2.24, 2.45) is 5.73 Å². The summed E-state index contributed by atoms with van der Waals surface area (Å²) >= 11 is 0. The number of nitriles is 2. The van der Waals surface area contributed by atoms with Crippen molar-refractivity contribution in [1.29, 1.82) is 10.5 Å². The van der Waals surface area contributed by atoms with Gasteiger partial charge in [0.05, 0.1) is 42.4 Å². The van der Waals surface area contributed by atoms with E-state index in [2.05, 4.69) is 54.6 Å². The first kappa shape index (κ1) is 25.0. The van der Waals surface area contributed by atoms with Crippen LogP contribution in [0.5, 0.6) is 5.75 Å². The Labute approximate surface area is 219 Å². The Morgan fingerprint density at radius 1 is 1.24 bits per heavy atom. The van der Waals surface area contributed by atoms with Crippen molar-refractivity contribution < 1.29 is 9.53 Å². The molecule has 0 radical (unpaired) electrons. The van der Waals surface area contributed by atoms with E-state index in [0.717, 1.165) is 18.5 Å². The molecule has 1 aliphatic heterocycles. The van der Waals surface area contributed by atoms with E-state index in [-0.39, 0.29) is 23.9 Å². The number of ether oxygens (including phenoxy) is 1. The fourth-order valence-corrected chi connectivity index (χ4v) is 4.71. The second-order valence-electron chi connectivity index (χ2n) is 9.62. The van der Waals surface area contributed by atoms with Gasteiger partial charge in [0.15, 0.2) is 11.4 Å². The van der Waals surface area contributed by atoms with E-state index in [9.17, 15) is 15.3 Å². The fraction of sp³-hybridized carbons (Fsp3) is 0.440. The van der Waals surface area contributed by atoms with Gasteiger partial charge < -0.3 is 26.0 Å². The molecule has 2 aliphatic rings. The van der Waals surface area contributed by atoms with Crippen LogP contribution in [0.25, 0.3) is 5.65 Å². The quantitative estimate of drug-likeness (QED) is 0.397. The molecule has 2 aromatic heterocycles. The van der Waals surface area contributed by atoms with Gasteiger partial charge in [-0.25, -0.2) is 0 Å². The number of nitrogens with zero attached hydrogens (tertiary/aromatic N) is 8. The van der Waals surface area contributed by atoms with E-state index in [0.29, 0.717) is 59.8 Å². The van der Waals surface area contributed by atoms with Gasteiger partial charge in [-0.1, -0.05) is 0 Å². The summed E-state index contributed by atoms with van der Waals surface area (Å²) < 4.78 is 7.36. The fourth-order valence-electron chi connectivity index (χ4n) is 4.71. The third-order valence-corrected chi connectivity index (χ3v) is 6.98. The van der Waals surface area contributed by atoms with Crippen LogP contribution in [0.2, 0.25) is 0 Å². The molecule has 2 atom stereocenters. The van der Waals surface area contributed by atoms with Gasteiger partial charge in [-0.2, -0.15) is 30.1 Å². The zero-order valence-corrected chi connectivity index (χ0v) is 21.5. The van der Waals surface area contributed by atoms with Gasteiger partial charge in [0, 0.05) is 31.7 Å². The highest BCUT2D eigenvalue weighted by Gasteiger charge is 2.31. The zero-order chi connectivity index (χ0) is 27.0. The Hall–Kier alpha value is -4.62. The number of hydrogen-bond donors (Lipinski definition) is 3.